The van der Waals surface area contributed by atoms with E-state index in [4.69, 9.17) is 5.11 Å². The van der Waals surface area contributed by atoms with Crippen molar-refractivity contribution in [2.24, 2.45) is 0 Å². The molecule has 1 aromatic carbocycles. The lowest BCUT2D eigenvalue weighted by molar-refractivity contribution is 0.0720. The van der Waals surface area contributed by atoms with Gasteiger partial charge in [-0.05, 0) is 18.1 Å². The number of nitrogens with zero attached hydrogens (tertiary/aromatic N) is 4. The minimum Gasteiger partial charge on any atom is -0.395 e. The van der Waals surface area contributed by atoms with E-state index in [0.717, 1.165) is 12.0 Å². The Morgan fingerprint density at radius 1 is 1.33 bits per heavy atom. The highest BCUT2D eigenvalue weighted by Crippen LogP contribution is 2.13. The summed E-state index contributed by atoms with van der Waals surface area (Å²) in [7, 11) is 0. The molecule has 0 aliphatic carbocycles. The van der Waals surface area contributed by atoms with Crippen LogP contribution in [0.3, 0.4) is 0 Å². The molecular weight excluding hydrogens is 268 g/mol. The third-order valence-corrected chi connectivity index (χ3v) is 3.20. The summed E-state index contributed by atoms with van der Waals surface area (Å²) < 4.78 is 1.68. The van der Waals surface area contributed by atoms with Gasteiger partial charge in [0.05, 0.1) is 13.2 Å². The second-order valence-corrected chi connectivity index (χ2v) is 4.77. The fourth-order valence-corrected chi connectivity index (χ4v) is 2.23. The Balaban J connectivity index is 2.23. The maximum Gasteiger partial charge on any atom is 0.254 e. The Labute approximate surface area is 124 Å². The van der Waals surface area contributed by atoms with Gasteiger partial charge in [-0.3, -0.25) is 4.79 Å². The Morgan fingerprint density at radius 3 is 2.81 bits per heavy atom. The predicted molar refractivity (Wildman–Crippen MR) is 78.8 cm³/mol. The number of hydrogen-bond acceptors (Lipinski definition) is 4. The van der Waals surface area contributed by atoms with Crippen LogP contribution < -0.4 is 0 Å². The molecule has 0 bridgehead atoms. The Bertz CT molecular complexity index is 563. The van der Waals surface area contributed by atoms with Gasteiger partial charge in [-0.15, -0.1) is 0 Å². The molecule has 0 aliphatic heterocycles. The number of carbonyl (C=O) groups is 1. The van der Waals surface area contributed by atoms with Crippen molar-refractivity contribution < 1.29 is 9.90 Å². The van der Waals surface area contributed by atoms with Crippen LogP contribution in [0.2, 0.25) is 0 Å². The lowest BCUT2D eigenvalue weighted by Gasteiger charge is -2.22. The van der Waals surface area contributed by atoms with Crippen LogP contribution in [0.1, 0.15) is 29.3 Å². The highest BCUT2D eigenvalue weighted by Gasteiger charge is 2.17. The Morgan fingerprint density at radius 2 is 2.14 bits per heavy atom. The molecule has 0 atom stereocenters. The van der Waals surface area contributed by atoms with Crippen molar-refractivity contribution in [2.45, 2.75) is 19.9 Å². The molecule has 0 saturated carbocycles. The van der Waals surface area contributed by atoms with Crippen molar-refractivity contribution in [3.8, 4) is 0 Å². The molecule has 2 rings (SSSR count). The number of aliphatic hydroxyl groups is 1. The van der Waals surface area contributed by atoms with Crippen molar-refractivity contribution in [3.05, 3.63) is 48.0 Å². The van der Waals surface area contributed by atoms with Crippen LogP contribution in [0.4, 0.5) is 0 Å². The quantitative estimate of drug-likeness (QED) is 0.830. The molecule has 6 nitrogen and oxygen atoms in total. The number of carbonyl (C=O) groups excluding carboxylic acids is 1. The summed E-state index contributed by atoms with van der Waals surface area (Å²) in [6.07, 6.45) is 3.95. The van der Waals surface area contributed by atoms with Crippen molar-refractivity contribution in [1.29, 1.82) is 0 Å². The largest absolute Gasteiger partial charge is 0.395 e. The summed E-state index contributed by atoms with van der Waals surface area (Å²) in [4.78, 5) is 18.2. The lowest BCUT2D eigenvalue weighted by Crippen LogP contribution is -2.35. The second kappa shape index (κ2) is 7.54. The topological polar surface area (TPSA) is 71.2 Å². The van der Waals surface area contributed by atoms with Gasteiger partial charge in [0.25, 0.3) is 5.91 Å². The zero-order chi connectivity index (χ0) is 15.1. The lowest BCUT2D eigenvalue weighted by atomic mass is 10.1. The number of benzene rings is 1. The maximum atomic E-state index is 12.6. The van der Waals surface area contributed by atoms with Crippen LogP contribution >= 0.6 is 0 Å². The van der Waals surface area contributed by atoms with Gasteiger partial charge >= 0.3 is 0 Å². The zero-order valence-electron chi connectivity index (χ0n) is 12.1. The van der Waals surface area contributed by atoms with Crippen LogP contribution in [0.5, 0.6) is 0 Å². The van der Waals surface area contributed by atoms with Gasteiger partial charge in [0.1, 0.15) is 12.7 Å². The van der Waals surface area contributed by atoms with E-state index in [-0.39, 0.29) is 12.5 Å². The second-order valence-electron chi connectivity index (χ2n) is 4.77. The fourth-order valence-electron chi connectivity index (χ4n) is 2.23. The molecule has 2 aromatic rings. The minimum absolute atomic E-state index is 0.0308. The predicted octanol–water partition coefficient (Wildman–Crippen LogP) is 1.17. The molecule has 0 spiro atoms. The third-order valence-electron chi connectivity index (χ3n) is 3.20. The van der Waals surface area contributed by atoms with Gasteiger partial charge in [0.2, 0.25) is 0 Å². The van der Waals surface area contributed by atoms with Crippen LogP contribution in [-0.4, -0.2) is 50.4 Å². The highest BCUT2D eigenvalue weighted by molar-refractivity contribution is 5.95. The average Bonchev–Trinajstić information content (AvgIpc) is 3.00. The molecule has 0 unspecified atom stereocenters. The van der Waals surface area contributed by atoms with Crippen molar-refractivity contribution in [2.75, 3.05) is 19.7 Å². The van der Waals surface area contributed by atoms with E-state index in [1.165, 1.54) is 6.33 Å². The van der Waals surface area contributed by atoms with Gasteiger partial charge in [0.15, 0.2) is 0 Å². The number of aliphatic hydroxyl groups excluding tert-OH is 1. The molecule has 0 fully saturated rings. The summed E-state index contributed by atoms with van der Waals surface area (Å²) in [5, 5.41) is 13.2. The third kappa shape index (κ3) is 3.88. The molecular formula is C15H20N4O2. The van der Waals surface area contributed by atoms with Gasteiger partial charge in [0, 0.05) is 18.7 Å². The summed E-state index contributed by atoms with van der Waals surface area (Å²) in [6, 6.07) is 7.48. The zero-order valence-corrected chi connectivity index (χ0v) is 12.1. The first-order chi connectivity index (χ1) is 10.3. The number of hydrogen-bond donors (Lipinski definition) is 1. The van der Waals surface area contributed by atoms with Gasteiger partial charge in [-0.1, -0.05) is 25.1 Å². The fraction of sp³-hybridized carbons (Fsp3) is 0.400. The smallest absolute Gasteiger partial charge is 0.254 e. The summed E-state index contributed by atoms with van der Waals surface area (Å²) >= 11 is 0. The number of aromatic nitrogens is 3. The minimum atomic E-state index is -0.0541. The van der Waals surface area contributed by atoms with E-state index in [1.54, 1.807) is 15.9 Å². The summed E-state index contributed by atoms with van der Waals surface area (Å²) in [6.45, 7) is 3.47. The maximum absolute atomic E-state index is 12.6. The van der Waals surface area contributed by atoms with E-state index in [1.807, 2.05) is 31.2 Å². The Kier molecular flexibility index (Phi) is 5.45. The molecule has 1 N–H and O–H groups in total. The highest BCUT2D eigenvalue weighted by atomic mass is 16.3. The standard InChI is InChI=1S/C15H20N4O2/c1-2-7-18(8-9-20)15(21)14-6-4-3-5-13(14)10-19-12-16-11-17-19/h3-6,11-12,20H,2,7-10H2,1H3. The van der Waals surface area contributed by atoms with Crippen molar-refractivity contribution in [1.82, 2.24) is 19.7 Å². The SMILES string of the molecule is CCCN(CCO)C(=O)c1ccccc1Cn1cncn1. The molecule has 1 heterocycles. The van der Waals surface area contributed by atoms with E-state index in [9.17, 15) is 4.79 Å². The summed E-state index contributed by atoms with van der Waals surface area (Å²) in [5.74, 6) is -0.0541. The van der Waals surface area contributed by atoms with Crippen molar-refractivity contribution in [3.63, 3.8) is 0 Å². The van der Waals surface area contributed by atoms with E-state index >= 15 is 0 Å². The molecule has 0 radical (unpaired) electrons. The van der Waals surface area contributed by atoms with E-state index in [2.05, 4.69) is 10.1 Å². The van der Waals surface area contributed by atoms with Crippen LogP contribution in [-0.2, 0) is 6.54 Å². The first-order valence-electron chi connectivity index (χ1n) is 7.06. The molecule has 6 heteroatoms. The molecule has 0 saturated heterocycles. The number of amides is 1. The normalized spacial score (nSPS) is 10.6. The summed E-state index contributed by atoms with van der Waals surface area (Å²) in [5.41, 5.74) is 1.54. The molecule has 21 heavy (non-hydrogen) atoms. The van der Waals surface area contributed by atoms with Gasteiger partial charge in [-0.25, -0.2) is 9.67 Å². The molecule has 112 valence electrons. The number of rotatable bonds is 7. The van der Waals surface area contributed by atoms with Crippen LogP contribution in [0.15, 0.2) is 36.9 Å². The molecule has 1 amide bonds. The first-order valence-corrected chi connectivity index (χ1v) is 7.06. The van der Waals surface area contributed by atoms with Gasteiger partial charge in [-0.2, -0.15) is 5.10 Å². The van der Waals surface area contributed by atoms with E-state index < -0.39 is 0 Å². The van der Waals surface area contributed by atoms with Crippen LogP contribution in [0, 0.1) is 0 Å². The van der Waals surface area contributed by atoms with Crippen LogP contribution in [0.25, 0.3) is 0 Å². The van der Waals surface area contributed by atoms with E-state index in [0.29, 0.717) is 25.2 Å². The monoisotopic (exact) mass is 288 g/mol. The molecule has 1 aromatic heterocycles. The Hall–Kier alpha value is -2.21. The van der Waals surface area contributed by atoms with Crippen molar-refractivity contribution >= 4 is 5.91 Å². The average molecular weight is 288 g/mol. The molecule has 0 aliphatic rings. The van der Waals surface area contributed by atoms with Gasteiger partial charge < -0.3 is 10.0 Å². The first kappa shape index (κ1) is 15.2.